The number of anilines is 1. The first-order valence-corrected chi connectivity index (χ1v) is 10.9. The van der Waals surface area contributed by atoms with Crippen molar-refractivity contribution in [1.29, 1.82) is 0 Å². The maximum atomic E-state index is 12.5. The van der Waals surface area contributed by atoms with Crippen LogP contribution in [0.25, 0.3) is 11.5 Å². The molecule has 2 aromatic heterocycles. The van der Waals surface area contributed by atoms with Gasteiger partial charge in [-0.2, -0.15) is 0 Å². The van der Waals surface area contributed by atoms with E-state index in [1.807, 2.05) is 51.8 Å². The fourth-order valence-corrected chi connectivity index (χ4v) is 3.87. The minimum atomic E-state index is -0.274. The smallest absolute Gasteiger partial charge is 0.239 e. The summed E-state index contributed by atoms with van der Waals surface area (Å²) in [6, 6.07) is 3.71. The summed E-state index contributed by atoms with van der Waals surface area (Å²) < 4.78 is 11.4. The molecule has 2 atom stereocenters. The maximum absolute atomic E-state index is 12.5. The van der Waals surface area contributed by atoms with Gasteiger partial charge in [0, 0.05) is 36.1 Å². The number of hydrogen-bond acceptors (Lipinski definition) is 7. The average molecular weight is 426 g/mol. The Hall–Kier alpha value is -2.74. The summed E-state index contributed by atoms with van der Waals surface area (Å²) in [4.78, 5) is 28.5. The normalized spacial score (nSPS) is 20.0. The lowest BCUT2D eigenvalue weighted by Gasteiger charge is -2.34. The number of fused-ring (bicyclic) bond motifs is 1. The zero-order chi connectivity index (χ0) is 22.2. The number of nitrogens with zero attached hydrogens (tertiary/aromatic N) is 4. The Balaban J connectivity index is 1.59. The van der Waals surface area contributed by atoms with Crippen molar-refractivity contribution in [2.75, 3.05) is 25.1 Å². The van der Waals surface area contributed by atoms with Crippen molar-refractivity contribution in [3.63, 3.8) is 0 Å². The molecule has 0 bridgehead atoms. The Kier molecular flexibility index (Phi) is 5.83. The number of hydrogen-bond donors (Lipinski definition) is 1. The summed E-state index contributed by atoms with van der Waals surface area (Å²) in [5, 5.41) is 3.01. The van der Waals surface area contributed by atoms with E-state index in [0.29, 0.717) is 18.1 Å². The van der Waals surface area contributed by atoms with Gasteiger partial charge in [0.15, 0.2) is 5.82 Å². The first kappa shape index (κ1) is 21.5. The molecule has 1 saturated heterocycles. The molecule has 8 nitrogen and oxygen atoms in total. The number of carbonyl (C=O) groups is 1. The van der Waals surface area contributed by atoms with Crippen molar-refractivity contribution in [3.05, 3.63) is 29.6 Å². The number of amides is 1. The van der Waals surface area contributed by atoms with Crippen LogP contribution in [0.3, 0.4) is 0 Å². The standard InChI is InChI=1S/C23H31N5O3/c1-14-19(13-30-14)31-15-9-10-24-18(11-15)21-25-17-8-6-7-16(17)22(26-21)28(5)12-20(29)27-23(2,3)4/h9-11,14,19H,6-8,12-13H2,1-5H3,(H,27,29)/t14-,19-/m0/s1. The van der Waals surface area contributed by atoms with E-state index in [9.17, 15) is 4.79 Å². The van der Waals surface area contributed by atoms with Gasteiger partial charge in [-0.15, -0.1) is 0 Å². The van der Waals surface area contributed by atoms with Gasteiger partial charge in [-0.3, -0.25) is 9.78 Å². The lowest BCUT2D eigenvalue weighted by Crippen LogP contribution is -2.46. The fourth-order valence-electron chi connectivity index (χ4n) is 3.87. The second-order valence-electron chi connectivity index (χ2n) is 9.38. The predicted octanol–water partition coefficient (Wildman–Crippen LogP) is 2.54. The summed E-state index contributed by atoms with van der Waals surface area (Å²) in [6.07, 6.45) is 4.73. The van der Waals surface area contributed by atoms with Crippen LogP contribution in [0.2, 0.25) is 0 Å². The molecule has 1 aliphatic carbocycles. The van der Waals surface area contributed by atoms with Crippen LogP contribution in [0.1, 0.15) is 45.4 Å². The minimum absolute atomic E-state index is 0.0349. The molecule has 31 heavy (non-hydrogen) atoms. The van der Waals surface area contributed by atoms with Gasteiger partial charge < -0.3 is 19.7 Å². The molecular weight excluding hydrogens is 394 g/mol. The fraction of sp³-hybridized carbons (Fsp3) is 0.565. The maximum Gasteiger partial charge on any atom is 0.239 e. The third kappa shape index (κ3) is 4.95. The van der Waals surface area contributed by atoms with Crippen LogP contribution in [0.15, 0.2) is 18.3 Å². The third-order valence-electron chi connectivity index (χ3n) is 5.46. The van der Waals surface area contributed by atoms with Gasteiger partial charge in [0.1, 0.15) is 23.4 Å². The van der Waals surface area contributed by atoms with E-state index in [0.717, 1.165) is 42.1 Å². The number of likely N-dealkylation sites (N-methyl/N-ethyl adjacent to an activating group) is 1. The first-order valence-electron chi connectivity index (χ1n) is 10.9. The molecule has 3 heterocycles. The number of rotatable bonds is 6. The molecule has 0 saturated carbocycles. The highest BCUT2D eigenvalue weighted by atomic mass is 16.6. The van der Waals surface area contributed by atoms with E-state index in [1.165, 1.54) is 0 Å². The number of aryl methyl sites for hydroxylation is 1. The van der Waals surface area contributed by atoms with Crippen LogP contribution in [-0.4, -0.2) is 58.8 Å². The number of nitrogens with one attached hydrogen (secondary N) is 1. The largest absolute Gasteiger partial charge is 0.485 e. The van der Waals surface area contributed by atoms with Gasteiger partial charge in [0.05, 0.1) is 19.3 Å². The first-order chi connectivity index (χ1) is 14.7. The molecule has 1 fully saturated rings. The van der Waals surface area contributed by atoms with E-state index >= 15 is 0 Å². The lowest BCUT2D eigenvalue weighted by atomic mass is 10.1. The zero-order valence-corrected chi connectivity index (χ0v) is 18.9. The number of carbonyl (C=O) groups excluding carboxylic acids is 1. The summed E-state index contributed by atoms with van der Waals surface area (Å²) in [5.41, 5.74) is 2.55. The van der Waals surface area contributed by atoms with Crippen molar-refractivity contribution in [2.24, 2.45) is 0 Å². The molecule has 0 radical (unpaired) electrons. The predicted molar refractivity (Wildman–Crippen MR) is 118 cm³/mol. The average Bonchev–Trinajstić information content (AvgIpc) is 3.17. The Morgan fingerprint density at radius 2 is 2.13 bits per heavy atom. The SMILES string of the molecule is C[C@@H]1OC[C@@H]1Oc1ccnc(-c2nc3c(c(N(C)CC(=O)NC(C)(C)C)n2)CCC3)c1. The lowest BCUT2D eigenvalue weighted by molar-refractivity contribution is -0.139. The quantitative estimate of drug-likeness (QED) is 0.761. The molecule has 4 rings (SSSR count). The molecule has 2 aromatic rings. The van der Waals surface area contributed by atoms with Crippen molar-refractivity contribution in [2.45, 2.75) is 64.7 Å². The third-order valence-corrected chi connectivity index (χ3v) is 5.46. The molecule has 0 spiro atoms. The van der Waals surface area contributed by atoms with Crippen LogP contribution >= 0.6 is 0 Å². The molecule has 1 amide bonds. The van der Waals surface area contributed by atoms with Crippen LogP contribution in [-0.2, 0) is 22.4 Å². The van der Waals surface area contributed by atoms with Crippen LogP contribution < -0.4 is 15.0 Å². The molecule has 166 valence electrons. The molecule has 0 aromatic carbocycles. The van der Waals surface area contributed by atoms with Crippen LogP contribution in [0, 0.1) is 0 Å². The minimum Gasteiger partial charge on any atom is -0.485 e. The van der Waals surface area contributed by atoms with Gasteiger partial charge in [-0.1, -0.05) is 0 Å². The van der Waals surface area contributed by atoms with Gasteiger partial charge in [-0.25, -0.2) is 9.97 Å². The summed E-state index contributed by atoms with van der Waals surface area (Å²) in [6.45, 7) is 8.75. The summed E-state index contributed by atoms with van der Waals surface area (Å²) in [5.74, 6) is 2.05. The molecule has 0 unspecified atom stereocenters. The van der Waals surface area contributed by atoms with Gasteiger partial charge in [0.25, 0.3) is 0 Å². The zero-order valence-electron chi connectivity index (χ0n) is 18.9. The van der Waals surface area contributed by atoms with Crippen molar-refractivity contribution in [3.8, 4) is 17.3 Å². The Labute approximate surface area is 183 Å². The Morgan fingerprint density at radius 3 is 2.81 bits per heavy atom. The molecular formula is C23H31N5O3. The number of pyridine rings is 1. The Bertz CT molecular complexity index is 972. The highest BCUT2D eigenvalue weighted by Gasteiger charge is 2.30. The van der Waals surface area contributed by atoms with E-state index in [2.05, 4.69) is 10.3 Å². The summed E-state index contributed by atoms with van der Waals surface area (Å²) in [7, 11) is 1.90. The van der Waals surface area contributed by atoms with E-state index in [1.54, 1.807) is 6.20 Å². The van der Waals surface area contributed by atoms with E-state index < -0.39 is 0 Å². The van der Waals surface area contributed by atoms with Gasteiger partial charge >= 0.3 is 0 Å². The molecule has 8 heteroatoms. The molecule has 1 N–H and O–H groups in total. The highest BCUT2D eigenvalue weighted by Crippen LogP contribution is 2.31. The van der Waals surface area contributed by atoms with Crippen molar-refractivity contribution < 1.29 is 14.3 Å². The number of aromatic nitrogens is 3. The van der Waals surface area contributed by atoms with Gasteiger partial charge in [0.2, 0.25) is 5.91 Å². The van der Waals surface area contributed by atoms with E-state index in [4.69, 9.17) is 19.4 Å². The molecule has 1 aliphatic heterocycles. The van der Waals surface area contributed by atoms with E-state index in [-0.39, 0.29) is 30.2 Å². The van der Waals surface area contributed by atoms with Crippen molar-refractivity contribution in [1.82, 2.24) is 20.3 Å². The molecule has 2 aliphatic rings. The second kappa shape index (κ2) is 8.42. The second-order valence-corrected chi connectivity index (χ2v) is 9.38. The van der Waals surface area contributed by atoms with Crippen molar-refractivity contribution >= 4 is 11.7 Å². The van der Waals surface area contributed by atoms with Crippen LogP contribution in [0.4, 0.5) is 5.82 Å². The topological polar surface area (TPSA) is 89.5 Å². The summed E-state index contributed by atoms with van der Waals surface area (Å²) >= 11 is 0. The Morgan fingerprint density at radius 1 is 1.32 bits per heavy atom. The number of ether oxygens (including phenoxy) is 2. The monoisotopic (exact) mass is 425 g/mol. The van der Waals surface area contributed by atoms with Gasteiger partial charge in [-0.05, 0) is 53.0 Å². The van der Waals surface area contributed by atoms with Crippen LogP contribution in [0.5, 0.6) is 5.75 Å². The highest BCUT2D eigenvalue weighted by molar-refractivity contribution is 5.82.